The third-order valence-corrected chi connectivity index (χ3v) is 6.17. The maximum absolute atomic E-state index is 13.1. The number of nitrogens with zero attached hydrogens (tertiary/aromatic N) is 4. The van der Waals surface area contributed by atoms with E-state index < -0.39 is 4.92 Å². The number of thiazole rings is 1. The first-order valence-electron chi connectivity index (χ1n) is 9.13. The second-order valence-corrected chi connectivity index (χ2v) is 8.64. The zero-order valence-corrected chi connectivity index (χ0v) is 19.3. The fourth-order valence-corrected chi connectivity index (χ4v) is 4.56. The molecule has 2 aromatic heterocycles. The number of thiophene rings is 1. The van der Waals surface area contributed by atoms with Crippen molar-refractivity contribution in [2.24, 2.45) is 0 Å². The molecule has 0 unspecified atom stereocenters. The van der Waals surface area contributed by atoms with Gasteiger partial charge in [-0.15, -0.1) is 12.4 Å². The molecule has 0 radical (unpaired) electrons. The highest BCUT2D eigenvalue weighted by atomic mass is 35.5. The molecule has 0 fully saturated rings. The SMILES string of the molecule is CCOc1ccc2nc(N(CCCN(C)C)C(=O)c3ccc([N+](=O)[O-])s3)sc2c1.Cl. The predicted molar refractivity (Wildman–Crippen MR) is 124 cm³/mol. The number of anilines is 1. The van der Waals surface area contributed by atoms with E-state index in [9.17, 15) is 14.9 Å². The van der Waals surface area contributed by atoms with Gasteiger partial charge in [0.05, 0.1) is 26.6 Å². The zero-order valence-electron chi connectivity index (χ0n) is 16.9. The molecule has 2 heterocycles. The lowest BCUT2D eigenvalue weighted by atomic mass is 10.3. The summed E-state index contributed by atoms with van der Waals surface area (Å²) in [7, 11) is 3.95. The van der Waals surface area contributed by atoms with Gasteiger partial charge in [0.25, 0.3) is 5.91 Å². The second-order valence-electron chi connectivity index (χ2n) is 6.57. The summed E-state index contributed by atoms with van der Waals surface area (Å²) in [6, 6.07) is 8.51. The smallest absolute Gasteiger partial charge is 0.324 e. The molecule has 0 atom stereocenters. The quantitative estimate of drug-likeness (QED) is 0.333. The molecule has 162 valence electrons. The molecule has 30 heavy (non-hydrogen) atoms. The minimum Gasteiger partial charge on any atom is -0.494 e. The van der Waals surface area contributed by atoms with E-state index in [4.69, 9.17) is 4.74 Å². The molecule has 1 amide bonds. The topological polar surface area (TPSA) is 88.8 Å². The van der Waals surface area contributed by atoms with Gasteiger partial charge in [-0.25, -0.2) is 4.98 Å². The fourth-order valence-electron chi connectivity index (χ4n) is 2.77. The first-order valence-corrected chi connectivity index (χ1v) is 10.8. The van der Waals surface area contributed by atoms with Crippen LogP contribution in [0.4, 0.5) is 10.1 Å². The Hall–Kier alpha value is -2.27. The van der Waals surface area contributed by atoms with E-state index in [1.165, 1.54) is 23.5 Å². The van der Waals surface area contributed by atoms with E-state index in [0.29, 0.717) is 23.2 Å². The Morgan fingerprint density at radius 2 is 1.97 bits per heavy atom. The van der Waals surface area contributed by atoms with Crippen LogP contribution in [0.15, 0.2) is 30.3 Å². The number of hydrogen-bond donors (Lipinski definition) is 0. The highest BCUT2D eigenvalue weighted by Gasteiger charge is 2.24. The number of aromatic nitrogens is 1. The number of carbonyl (C=O) groups is 1. The lowest BCUT2D eigenvalue weighted by Crippen LogP contribution is -2.32. The molecule has 0 N–H and O–H groups in total. The van der Waals surface area contributed by atoms with E-state index in [2.05, 4.69) is 4.98 Å². The van der Waals surface area contributed by atoms with Gasteiger partial charge in [0.2, 0.25) is 0 Å². The van der Waals surface area contributed by atoms with Crippen LogP contribution in [0, 0.1) is 10.1 Å². The lowest BCUT2D eigenvalue weighted by Gasteiger charge is -2.20. The van der Waals surface area contributed by atoms with Crippen molar-refractivity contribution in [2.45, 2.75) is 13.3 Å². The normalized spacial score (nSPS) is 10.8. The van der Waals surface area contributed by atoms with Gasteiger partial charge < -0.3 is 9.64 Å². The van der Waals surface area contributed by atoms with Crippen molar-refractivity contribution >= 4 is 61.3 Å². The van der Waals surface area contributed by atoms with Crippen LogP contribution in [0.1, 0.15) is 23.0 Å². The Balaban J connectivity index is 0.00000320. The lowest BCUT2D eigenvalue weighted by molar-refractivity contribution is -0.380. The van der Waals surface area contributed by atoms with Gasteiger partial charge in [-0.1, -0.05) is 22.7 Å². The van der Waals surface area contributed by atoms with Crippen LogP contribution in [0.3, 0.4) is 0 Å². The number of halogens is 1. The Labute approximate surface area is 188 Å². The van der Waals surface area contributed by atoms with Gasteiger partial charge in [0.15, 0.2) is 5.13 Å². The van der Waals surface area contributed by atoms with Crippen molar-refractivity contribution < 1.29 is 14.5 Å². The van der Waals surface area contributed by atoms with Crippen LogP contribution < -0.4 is 9.64 Å². The Morgan fingerprint density at radius 1 is 1.20 bits per heavy atom. The van der Waals surface area contributed by atoms with Gasteiger partial charge in [0, 0.05) is 12.6 Å². The van der Waals surface area contributed by atoms with Crippen LogP contribution in [-0.2, 0) is 0 Å². The molecule has 0 saturated heterocycles. The summed E-state index contributed by atoms with van der Waals surface area (Å²) in [6.45, 7) is 3.78. The number of carbonyl (C=O) groups excluding carboxylic acids is 1. The van der Waals surface area contributed by atoms with E-state index in [1.54, 1.807) is 4.90 Å². The summed E-state index contributed by atoms with van der Waals surface area (Å²) in [5.41, 5.74) is 0.788. The van der Waals surface area contributed by atoms with Crippen LogP contribution in [0.5, 0.6) is 5.75 Å². The summed E-state index contributed by atoms with van der Waals surface area (Å²) in [4.78, 5) is 32.3. The third kappa shape index (κ3) is 5.66. The predicted octanol–water partition coefficient (Wildman–Crippen LogP) is 4.69. The molecular weight excluding hydrogens is 448 g/mol. The summed E-state index contributed by atoms with van der Waals surface area (Å²) < 4.78 is 6.47. The van der Waals surface area contributed by atoms with E-state index in [1.807, 2.05) is 44.1 Å². The first-order chi connectivity index (χ1) is 13.9. The number of nitro groups is 1. The van der Waals surface area contributed by atoms with Crippen molar-refractivity contribution in [1.82, 2.24) is 9.88 Å². The molecule has 1 aromatic carbocycles. The second kappa shape index (κ2) is 10.7. The molecule has 3 aromatic rings. The highest BCUT2D eigenvalue weighted by Crippen LogP contribution is 2.33. The standard InChI is InChI=1S/C19H22N4O4S2.ClH/c1-4-27-13-6-7-14-16(12-13)29-19(20-14)22(11-5-10-21(2)3)18(24)15-8-9-17(28-15)23(25)26;/h6-9,12H,4-5,10-11H2,1-3H3;1H. The van der Waals surface area contributed by atoms with Crippen molar-refractivity contribution in [2.75, 3.05) is 38.7 Å². The molecule has 0 saturated carbocycles. The number of benzene rings is 1. The number of amides is 1. The average molecular weight is 471 g/mol. The molecule has 0 bridgehead atoms. The first kappa shape index (κ1) is 24.0. The number of rotatable bonds is 9. The molecule has 11 heteroatoms. The number of fused-ring (bicyclic) bond motifs is 1. The largest absolute Gasteiger partial charge is 0.494 e. The highest BCUT2D eigenvalue weighted by molar-refractivity contribution is 7.22. The molecule has 0 aliphatic rings. The summed E-state index contributed by atoms with van der Waals surface area (Å²) >= 11 is 2.30. The molecular formula is C19H23ClN4O4S2. The Morgan fingerprint density at radius 3 is 2.60 bits per heavy atom. The summed E-state index contributed by atoms with van der Waals surface area (Å²) in [6.07, 6.45) is 0.756. The maximum Gasteiger partial charge on any atom is 0.324 e. The minimum absolute atomic E-state index is 0. The van der Waals surface area contributed by atoms with Crippen molar-refractivity contribution in [3.05, 3.63) is 45.3 Å². The van der Waals surface area contributed by atoms with Crippen molar-refractivity contribution in [1.29, 1.82) is 0 Å². The Bertz CT molecular complexity index is 1020. The van der Waals surface area contributed by atoms with Crippen molar-refractivity contribution in [3.8, 4) is 5.75 Å². The van der Waals surface area contributed by atoms with Gasteiger partial charge >= 0.3 is 5.00 Å². The molecule has 3 rings (SSSR count). The molecule has 8 nitrogen and oxygen atoms in total. The van der Waals surface area contributed by atoms with Crippen LogP contribution in [0.2, 0.25) is 0 Å². The average Bonchev–Trinajstić information content (AvgIpc) is 3.31. The maximum atomic E-state index is 13.1. The van der Waals surface area contributed by atoms with Crippen molar-refractivity contribution in [3.63, 3.8) is 0 Å². The van der Waals surface area contributed by atoms with E-state index in [-0.39, 0.29) is 23.3 Å². The zero-order chi connectivity index (χ0) is 21.0. The third-order valence-electron chi connectivity index (χ3n) is 4.11. The molecule has 0 aliphatic carbocycles. The van der Waals surface area contributed by atoms with Gasteiger partial charge in [-0.2, -0.15) is 0 Å². The van der Waals surface area contributed by atoms with Gasteiger partial charge in [-0.3, -0.25) is 19.8 Å². The summed E-state index contributed by atoms with van der Waals surface area (Å²) in [5.74, 6) is 0.487. The van der Waals surface area contributed by atoms with E-state index in [0.717, 1.165) is 40.3 Å². The number of hydrogen-bond acceptors (Lipinski definition) is 8. The Kier molecular flexibility index (Phi) is 8.54. The van der Waals surface area contributed by atoms with E-state index >= 15 is 0 Å². The fraction of sp³-hybridized carbons (Fsp3) is 0.368. The summed E-state index contributed by atoms with van der Waals surface area (Å²) in [5, 5.41) is 11.5. The van der Waals surface area contributed by atoms with Crippen LogP contribution >= 0.6 is 35.1 Å². The monoisotopic (exact) mass is 470 g/mol. The van der Waals surface area contributed by atoms with Gasteiger partial charge in [-0.05, 0) is 58.3 Å². The molecule has 0 spiro atoms. The van der Waals surface area contributed by atoms with Crippen LogP contribution in [-0.4, -0.2) is 54.5 Å². The number of ether oxygens (including phenoxy) is 1. The van der Waals surface area contributed by atoms with Gasteiger partial charge in [0.1, 0.15) is 5.75 Å². The minimum atomic E-state index is -0.481. The molecule has 0 aliphatic heterocycles. The van der Waals surface area contributed by atoms with Crippen LogP contribution in [0.25, 0.3) is 10.2 Å².